The topological polar surface area (TPSA) is 67.2 Å². The normalized spacial score (nSPS) is 18.4. The fourth-order valence-corrected chi connectivity index (χ4v) is 2.48. The molecule has 1 atom stereocenters. The van der Waals surface area contributed by atoms with Crippen LogP contribution < -0.4 is 5.32 Å². The van der Waals surface area contributed by atoms with Crippen molar-refractivity contribution in [1.29, 1.82) is 0 Å². The van der Waals surface area contributed by atoms with E-state index >= 15 is 0 Å². The highest BCUT2D eigenvalue weighted by atomic mass is 16.3. The number of amides is 1. The Morgan fingerprint density at radius 1 is 1.63 bits per heavy atom. The highest BCUT2D eigenvalue weighted by Crippen LogP contribution is 2.39. The number of nitrogens with one attached hydrogen (secondary N) is 1. The van der Waals surface area contributed by atoms with Gasteiger partial charge in [-0.2, -0.15) is 5.10 Å². The van der Waals surface area contributed by atoms with Crippen LogP contribution in [0.25, 0.3) is 0 Å². The second kappa shape index (κ2) is 4.96. The highest BCUT2D eigenvalue weighted by Gasteiger charge is 2.42. The van der Waals surface area contributed by atoms with E-state index in [9.17, 15) is 9.90 Å². The Balaban J connectivity index is 2.16. The van der Waals surface area contributed by atoms with Crippen LogP contribution in [0.15, 0.2) is 6.20 Å². The number of aliphatic hydroxyl groups is 1. The number of carbonyl (C=O) groups excluding carboxylic acids is 1. The van der Waals surface area contributed by atoms with E-state index in [2.05, 4.69) is 10.4 Å². The van der Waals surface area contributed by atoms with Crippen molar-refractivity contribution in [2.75, 3.05) is 6.61 Å². The smallest absolute Gasteiger partial charge is 0.255 e. The van der Waals surface area contributed by atoms with Gasteiger partial charge in [-0.15, -0.1) is 0 Å². The molecule has 1 aromatic rings. The van der Waals surface area contributed by atoms with Crippen LogP contribution in [0, 0.1) is 12.8 Å². The molecule has 1 aromatic heterocycles. The molecule has 19 heavy (non-hydrogen) atoms. The van der Waals surface area contributed by atoms with Gasteiger partial charge in [0, 0.05) is 11.7 Å². The summed E-state index contributed by atoms with van der Waals surface area (Å²) in [7, 11) is 0. The molecule has 0 aliphatic heterocycles. The Bertz CT molecular complexity index is 477. The molecular weight excluding hydrogens is 242 g/mol. The van der Waals surface area contributed by atoms with E-state index in [0.29, 0.717) is 11.5 Å². The monoisotopic (exact) mass is 265 g/mol. The first kappa shape index (κ1) is 14.1. The highest BCUT2D eigenvalue weighted by molar-refractivity contribution is 5.95. The average molecular weight is 265 g/mol. The molecule has 0 bridgehead atoms. The van der Waals surface area contributed by atoms with Crippen molar-refractivity contribution < 1.29 is 9.90 Å². The molecule has 5 nitrogen and oxygen atoms in total. The Morgan fingerprint density at radius 3 is 2.68 bits per heavy atom. The van der Waals surface area contributed by atoms with Gasteiger partial charge in [0.2, 0.25) is 0 Å². The second-order valence-electron chi connectivity index (χ2n) is 5.99. The molecular formula is C14H23N3O2. The molecule has 0 saturated heterocycles. The molecule has 5 heteroatoms. The van der Waals surface area contributed by atoms with Crippen molar-refractivity contribution in [2.45, 2.75) is 52.1 Å². The predicted molar refractivity (Wildman–Crippen MR) is 73.0 cm³/mol. The molecule has 1 aliphatic carbocycles. The van der Waals surface area contributed by atoms with E-state index in [4.69, 9.17) is 0 Å². The summed E-state index contributed by atoms with van der Waals surface area (Å²) in [4.78, 5) is 12.3. The minimum absolute atomic E-state index is 0.0270. The van der Waals surface area contributed by atoms with Gasteiger partial charge < -0.3 is 10.4 Å². The summed E-state index contributed by atoms with van der Waals surface area (Å²) in [5, 5.41) is 16.7. The van der Waals surface area contributed by atoms with Crippen LogP contribution in [0.2, 0.25) is 0 Å². The van der Waals surface area contributed by atoms with Gasteiger partial charge in [0.05, 0.1) is 23.9 Å². The van der Waals surface area contributed by atoms with Gasteiger partial charge in [0.25, 0.3) is 5.91 Å². The van der Waals surface area contributed by atoms with Crippen molar-refractivity contribution in [3.8, 4) is 0 Å². The van der Waals surface area contributed by atoms with E-state index in [1.807, 2.05) is 32.4 Å². The summed E-state index contributed by atoms with van der Waals surface area (Å²) < 4.78 is 1.84. The lowest BCUT2D eigenvalue weighted by atomic mass is 9.96. The third-order valence-corrected chi connectivity index (χ3v) is 3.98. The van der Waals surface area contributed by atoms with Crippen LogP contribution in [-0.2, 0) is 0 Å². The SMILES string of the molecule is Cc1c(C(=O)NC(C)(CO)C2CC2)cnn1C(C)C. The Kier molecular flexibility index (Phi) is 3.67. The fraction of sp³-hybridized carbons (Fsp3) is 0.714. The van der Waals surface area contributed by atoms with Crippen LogP contribution in [0.1, 0.15) is 55.7 Å². The molecule has 1 saturated carbocycles. The van der Waals surface area contributed by atoms with E-state index in [0.717, 1.165) is 18.5 Å². The summed E-state index contributed by atoms with van der Waals surface area (Å²) in [6, 6.07) is 0.231. The van der Waals surface area contributed by atoms with Gasteiger partial charge in [-0.25, -0.2) is 0 Å². The molecule has 2 N–H and O–H groups in total. The van der Waals surface area contributed by atoms with Crippen LogP contribution >= 0.6 is 0 Å². The van der Waals surface area contributed by atoms with Crippen LogP contribution in [0.4, 0.5) is 0 Å². The first-order chi connectivity index (χ1) is 8.89. The maximum Gasteiger partial charge on any atom is 0.255 e. The summed E-state index contributed by atoms with van der Waals surface area (Å²) in [5.41, 5.74) is 0.946. The first-order valence-electron chi connectivity index (χ1n) is 6.86. The number of hydrogen-bond donors (Lipinski definition) is 2. The lowest BCUT2D eigenvalue weighted by molar-refractivity contribution is 0.0824. The van der Waals surface area contributed by atoms with Crippen molar-refractivity contribution in [3.63, 3.8) is 0 Å². The number of nitrogens with zero attached hydrogens (tertiary/aromatic N) is 2. The van der Waals surface area contributed by atoms with Gasteiger partial charge in [-0.05, 0) is 46.5 Å². The van der Waals surface area contributed by atoms with Crippen molar-refractivity contribution in [3.05, 3.63) is 17.5 Å². The number of rotatable bonds is 5. The van der Waals surface area contributed by atoms with Gasteiger partial charge in [-0.3, -0.25) is 9.48 Å². The summed E-state index contributed by atoms with van der Waals surface area (Å²) >= 11 is 0. The maximum atomic E-state index is 12.3. The van der Waals surface area contributed by atoms with Gasteiger partial charge >= 0.3 is 0 Å². The number of carbonyl (C=O) groups is 1. The molecule has 2 rings (SSSR count). The van der Waals surface area contributed by atoms with Crippen LogP contribution in [-0.4, -0.2) is 32.9 Å². The Hall–Kier alpha value is -1.36. The first-order valence-corrected chi connectivity index (χ1v) is 6.86. The zero-order chi connectivity index (χ0) is 14.2. The quantitative estimate of drug-likeness (QED) is 0.851. The standard InChI is InChI=1S/C14H23N3O2/c1-9(2)17-10(3)12(7-15-17)13(19)16-14(4,8-18)11-5-6-11/h7,9,11,18H,5-6,8H2,1-4H3,(H,16,19). The number of aliphatic hydroxyl groups excluding tert-OH is 1. The van der Waals surface area contributed by atoms with Gasteiger partial charge in [0.1, 0.15) is 0 Å². The lowest BCUT2D eigenvalue weighted by Gasteiger charge is -2.28. The molecule has 0 radical (unpaired) electrons. The number of aromatic nitrogens is 2. The predicted octanol–water partition coefficient (Wildman–Crippen LogP) is 1.66. The van der Waals surface area contributed by atoms with E-state index in [1.54, 1.807) is 6.20 Å². The second-order valence-corrected chi connectivity index (χ2v) is 5.99. The third-order valence-electron chi connectivity index (χ3n) is 3.98. The molecule has 106 valence electrons. The third kappa shape index (κ3) is 2.66. The molecule has 1 heterocycles. The summed E-state index contributed by atoms with van der Waals surface area (Å²) in [6.45, 7) is 7.84. The molecule has 1 unspecified atom stereocenters. The van der Waals surface area contributed by atoms with Crippen LogP contribution in [0.5, 0.6) is 0 Å². The average Bonchev–Trinajstić information content (AvgIpc) is 3.12. The molecule has 1 fully saturated rings. The van der Waals surface area contributed by atoms with Crippen molar-refractivity contribution >= 4 is 5.91 Å². The fourth-order valence-electron chi connectivity index (χ4n) is 2.48. The Morgan fingerprint density at radius 2 is 2.26 bits per heavy atom. The minimum Gasteiger partial charge on any atom is -0.394 e. The molecule has 0 spiro atoms. The minimum atomic E-state index is -0.510. The zero-order valence-electron chi connectivity index (χ0n) is 12.1. The Labute approximate surface area is 114 Å². The van der Waals surface area contributed by atoms with Crippen molar-refractivity contribution in [2.24, 2.45) is 5.92 Å². The molecule has 1 aliphatic rings. The van der Waals surface area contributed by atoms with E-state index < -0.39 is 5.54 Å². The summed E-state index contributed by atoms with van der Waals surface area (Å²) in [5.74, 6) is 0.245. The van der Waals surface area contributed by atoms with Gasteiger partial charge in [0.15, 0.2) is 0 Å². The largest absolute Gasteiger partial charge is 0.394 e. The van der Waals surface area contributed by atoms with Gasteiger partial charge in [-0.1, -0.05) is 0 Å². The van der Waals surface area contributed by atoms with Crippen molar-refractivity contribution in [1.82, 2.24) is 15.1 Å². The lowest BCUT2D eigenvalue weighted by Crippen LogP contribution is -2.50. The maximum absolute atomic E-state index is 12.3. The summed E-state index contributed by atoms with van der Waals surface area (Å²) in [6.07, 6.45) is 3.75. The molecule has 0 aromatic carbocycles. The van der Waals surface area contributed by atoms with E-state index in [-0.39, 0.29) is 18.6 Å². The zero-order valence-corrected chi connectivity index (χ0v) is 12.1. The number of hydrogen-bond acceptors (Lipinski definition) is 3. The molecule has 1 amide bonds. The van der Waals surface area contributed by atoms with E-state index in [1.165, 1.54) is 0 Å². The van der Waals surface area contributed by atoms with Crippen LogP contribution in [0.3, 0.4) is 0 Å².